The molecule has 0 aliphatic carbocycles. The third-order valence-electron chi connectivity index (χ3n) is 2.27. The lowest BCUT2D eigenvalue weighted by molar-refractivity contribution is -0.136. The number of nitrogen functional groups attached to an aromatic ring is 1. The monoisotopic (exact) mass is 277 g/mol. The van der Waals surface area contributed by atoms with E-state index in [0.29, 0.717) is 0 Å². The van der Waals surface area contributed by atoms with Crippen molar-refractivity contribution in [2.24, 2.45) is 5.16 Å². The van der Waals surface area contributed by atoms with Gasteiger partial charge in [0.2, 0.25) is 5.71 Å². The Morgan fingerprint density at radius 2 is 2.16 bits per heavy atom. The van der Waals surface area contributed by atoms with Crippen LogP contribution in [-0.2, 0) is 16.1 Å². The Morgan fingerprint density at radius 1 is 1.42 bits per heavy atom. The number of ether oxygens (including phenoxy) is 1. The minimum absolute atomic E-state index is 0.0955. The number of carbonyl (C=O) groups is 1. The van der Waals surface area contributed by atoms with E-state index in [1.807, 2.05) is 30.3 Å². The number of thiazole rings is 1. The molecule has 7 heteroatoms. The van der Waals surface area contributed by atoms with E-state index in [2.05, 4.69) is 10.1 Å². The standard InChI is InChI=1S/C12H11N3O3S/c13-12-14-9(7-19-12)10(15-17)11(16)18-6-8-4-2-1-3-5-8/h1-5,7,17H,6H2,(H2,13,14). The Labute approximate surface area is 113 Å². The predicted octanol–water partition coefficient (Wildman–Crippen LogP) is 1.65. The first kappa shape index (κ1) is 13.0. The van der Waals surface area contributed by atoms with Crippen LogP contribution in [0.3, 0.4) is 0 Å². The van der Waals surface area contributed by atoms with Crippen LogP contribution in [0.1, 0.15) is 11.3 Å². The Morgan fingerprint density at radius 3 is 2.74 bits per heavy atom. The van der Waals surface area contributed by atoms with Crippen molar-refractivity contribution in [3.05, 3.63) is 47.0 Å². The Hall–Kier alpha value is -2.41. The van der Waals surface area contributed by atoms with Crippen molar-refractivity contribution in [1.29, 1.82) is 0 Å². The lowest BCUT2D eigenvalue weighted by atomic mass is 10.2. The minimum Gasteiger partial charge on any atom is -0.456 e. The van der Waals surface area contributed by atoms with Gasteiger partial charge in [-0.15, -0.1) is 11.3 Å². The zero-order chi connectivity index (χ0) is 13.7. The number of hydrogen-bond donors (Lipinski definition) is 2. The van der Waals surface area contributed by atoms with Gasteiger partial charge < -0.3 is 15.7 Å². The normalized spacial score (nSPS) is 11.3. The van der Waals surface area contributed by atoms with Gasteiger partial charge >= 0.3 is 5.97 Å². The lowest BCUT2D eigenvalue weighted by Gasteiger charge is -2.04. The van der Waals surface area contributed by atoms with Gasteiger partial charge in [-0.1, -0.05) is 35.5 Å². The summed E-state index contributed by atoms with van der Waals surface area (Å²) in [5.41, 5.74) is 6.23. The van der Waals surface area contributed by atoms with E-state index >= 15 is 0 Å². The molecular weight excluding hydrogens is 266 g/mol. The quantitative estimate of drug-likeness (QED) is 0.383. The van der Waals surface area contributed by atoms with Crippen molar-refractivity contribution in [2.75, 3.05) is 5.73 Å². The average molecular weight is 277 g/mol. The number of anilines is 1. The Balaban J connectivity index is 2.03. The van der Waals surface area contributed by atoms with Crippen LogP contribution in [0.25, 0.3) is 0 Å². The molecule has 6 nitrogen and oxygen atoms in total. The molecule has 0 radical (unpaired) electrons. The maximum Gasteiger partial charge on any atom is 0.363 e. The molecule has 2 rings (SSSR count). The van der Waals surface area contributed by atoms with Crippen LogP contribution < -0.4 is 5.73 Å². The van der Waals surface area contributed by atoms with E-state index in [4.69, 9.17) is 15.7 Å². The fourth-order valence-corrected chi connectivity index (χ4v) is 1.93. The molecule has 3 N–H and O–H groups in total. The highest BCUT2D eigenvalue weighted by Crippen LogP contribution is 2.13. The molecule has 0 spiro atoms. The Kier molecular flexibility index (Phi) is 4.09. The van der Waals surface area contributed by atoms with Crippen LogP contribution >= 0.6 is 11.3 Å². The molecule has 1 heterocycles. The van der Waals surface area contributed by atoms with Crippen LogP contribution in [0.2, 0.25) is 0 Å². The first-order valence-electron chi connectivity index (χ1n) is 5.35. The fourth-order valence-electron chi connectivity index (χ4n) is 1.38. The van der Waals surface area contributed by atoms with Crippen molar-refractivity contribution in [3.63, 3.8) is 0 Å². The zero-order valence-electron chi connectivity index (χ0n) is 9.81. The van der Waals surface area contributed by atoms with E-state index in [1.54, 1.807) is 0 Å². The summed E-state index contributed by atoms with van der Waals surface area (Å²) < 4.78 is 5.04. The summed E-state index contributed by atoms with van der Waals surface area (Å²) in [4.78, 5) is 15.6. The molecule has 0 amide bonds. The van der Waals surface area contributed by atoms with Crippen molar-refractivity contribution in [1.82, 2.24) is 4.98 Å². The van der Waals surface area contributed by atoms with Crippen molar-refractivity contribution in [3.8, 4) is 0 Å². The summed E-state index contributed by atoms with van der Waals surface area (Å²) >= 11 is 1.15. The first-order chi connectivity index (χ1) is 9.20. The van der Waals surface area contributed by atoms with Gasteiger partial charge in [0.1, 0.15) is 12.3 Å². The van der Waals surface area contributed by atoms with Gasteiger partial charge in [-0.3, -0.25) is 0 Å². The largest absolute Gasteiger partial charge is 0.456 e. The van der Waals surface area contributed by atoms with Gasteiger partial charge in [0.15, 0.2) is 5.13 Å². The van der Waals surface area contributed by atoms with Crippen LogP contribution in [0, 0.1) is 0 Å². The highest BCUT2D eigenvalue weighted by molar-refractivity contribution is 7.13. The molecule has 0 bridgehead atoms. The maximum absolute atomic E-state index is 11.8. The molecule has 0 aliphatic heterocycles. The summed E-state index contributed by atoms with van der Waals surface area (Å²) in [5.74, 6) is -0.753. The second-order valence-electron chi connectivity index (χ2n) is 3.58. The highest BCUT2D eigenvalue weighted by Gasteiger charge is 2.19. The SMILES string of the molecule is Nc1nc(C(=NO)C(=O)OCc2ccccc2)cs1. The molecular formula is C12H11N3O3S. The second-order valence-corrected chi connectivity index (χ2v) is 4.47. The van der Waals surface area contributed by atoms with Gasteiger partial charge in [0.25, 0.3) is 0 Å². The van der Waals surface area contributed by atoms with Crippen molar-refractivity contribution >= 4 is 28.1 Å². The average Bonchev–Trinajstić information content (AvgIpc) is 2.85. The van der Waals surface area contributed by atoms with E-state index in [9.17, 15) is 4.79 Å². The molecule has 2 aromatic rings. The number of esters is 1. The smallest absolute Gasteiger partial charge is 0.363 e. The number of carbonyl (C=O) groups excluding carboxylic acids is 1. The Bertz CT molecular complexity index is 595. The number of aromatic nitrogens is 1. The number of benzene rings is 1. The summed E-state index contributed by atoms with van der Waals surface area (Å²) in [7, 11) is 0. The predicted molar refractivity (Wildman–Crippen MR) is 71.1 cm³/mol. The zero-order valence-corrected chi connectivity index (χ0v) is 10.6. The van der Waals surface area contributed by atoms with E-state index in [0.717, 1.165) is 16.9 Å². The van der Waals surface area contributed by atoms with Crippen molar-refractivity contribution < 1.29 is 14.7 Å². The summed E-state index contributed by atoms with van der Waals surface area (Å²) in [6, 6.07) is 9.19. The van der Waals surface area contributed by atoms with E-state index < -0.39 is 5.97 Å². The van der Waals surface area contributed by atoms with Crippen LogP contribution in [-0.4, -0.2) is 21.9 Å². The molecule has 19 heavy (non-hydrogen) atoms. The van der Waals surface area contributed by atoms with Crippen LogP contribution in [0.15, 0.2) is 40.9 Å². The van der Waals surface area contributed by atoms with Crippen LogP contribution in [0.4, 0.5) is 5.13 Å². The molecule has 0 saturated heterocycles. The first-order valence-corrected chi connectivity index (χ1v) is 6.23. The van der Waals surface area contributed by atoms with Gasteiger partial charge in [-0.05, 0) is 5.56 Å². The molecule has 0 unspecified atom stereocenters. The van der Waals surface area contributed by atoms with E-state index in [-0.39, 0.29) is 23.1 Å². The number of rotatable bonds is 4. The number of hydrogen-bond acceptors (Lipinski definition) is 7. The summed E-state index contributed by atoms with van der Waals surface area (Å²) in [6.45, 7) is 0.0955. The molecule has 0 atom stereocenters. The molecule has 1 aromatic heterocycles. The number of oxime groups is 1. The summed E-state index contributed by atoms with van der Waals surface area (Å²) in [6.07, 6.45) is 0. The van der Waals surface area contributed by atoms with Gasteiger partial charge in [-0.2, -0.15) is 0 Å². The van der Waals surface area contributed by atoms with Crippen LogP contribution in [0.5, 0.6) is 0 Å². The molecule has 98 valence electrons. The second kappa shape index (κ2) is 5.96. The van der Waals surface area contributed by atoms with Gasteiger partial charge in [0.05, 0.1) is 0 Å². The molecule has 0 saturated carbocycles. The molecule has 0 fully saturated rings. The molecule has 1 aromatic carbocycles. The van der Waals surface area contributed by atoms with Gasteiger partial charge in [0, 0.05) is 5.38 Å². The third kappa shape index (κ3) is 3.29. The molecule has 0 aliphatic rings. The topological polar surface area (TPSA) is 97.8 Å². The third-order valence-corrected chi connectivity index (χ3v) is 2.94. The summed E-state index contributed by atoms with van der Waals surface area (Å²) in [5, 5.41) is 13.6. The number of nitrogens with two attached hydrogens (primary N) is 1. The minimum atomic E-state index is -0.753. The van der Waals surface area contributed by atoms with Gasteiger partial charge in [-0.25, -0.2) is 9.78 Å². The maximum atomic E-state index is 11.8. The van der Waals surface area contributed by atoms with E-state index in [1.165, 1.54) is 5.38 Å². The van der Waals surface area contributed by atoms with Crippen molar-refractivity contribution in [2.45, 2.75) is 6.61 Å². The number of nitrogens with zero attached hydrogens (tertiary/aromatic N) is 2. The lowest BCUT2D eigenvalue weighted by Crippen LogP contribution is -2.19. The fraction of sp³-hybridized carbons (Fsp3) is 0.0833. The highest BCUT2D eigenvalue weighted by atomic mass is 32.1.